The van der Waals surface area contributed by atoms with Crippen molar-refractivity contribution in [3.8, 4) is 0 Å². The van der Waals surface area contributed by atoms with Crippen LogP contribution in [0.1, 0.15) is 11.1 Å². The molecule has 5 heteroatoms. The van der Waals surface area contributed by atoms with E-state index < -0.39 is 0 Å². The Balaban J connectivity index is 1.62. The van der Waals surface area contributed by atoms with Crippen molar-refractivity contribution in [1.29, 1.82) is 0 Å². The first-order chi connectivity index (χ1) is 9.75. The topological polar surface area (TPSA) is 36.5 Å². The van der Waals surface area contributed by atoms with Crippen molar-refractivity contribution in [2.75, 3.05) is 39.4 Å². The average Bonchev–Trinajstić information content (AvgIpc) is 2.47. The Morgan fingerprint density at radius 1 is 1.25 bits per heavy atom. The Labute approximate surface area is 126 Å². The SMILES string of the molecule is Cc1ccccc1CNC(=S)NCCN1CCOCC1. The summed E-state index contributed by atoms with van der Waals surface area (Å²) in [6.45, 7) is 8.50. The van der Waals surface area contributed by atoms with Crippen LogP contribution in [0, 0.1) is 6.92 Å². The highest BCUT2D eigenvalue weighted by molar-refractivity contribution is 7.80. The Hall–Kier alpha value is -1.17. The van der Waals surface area contributed by atoms with Gasteiger partial charge in [0.2, 0.25) is 0 Å². The summed E-state index contributed by atoms with van der Waals surface area (Å²) >= 11 is 5.30. The molecule has 0 bridgehead atoms. The minimum Gasteiger partial charge on any atom is -0.379 e. The van der Waals surface area contributed by atoms with E-state index in [-0.39, 0.29) is 0 Å². The van der Waals surface area contributed by atoms with E-state index in [1.165, 1.54) is 11.1 Å². The molecular formula is C15H23N3OS. The van der Waals surface area contributed by atoms with Gasteiger partial charge in [-0.15, -0.1) is 0 Å². The molecule has 0 spiro atoms. The molecule has 1 aliphatic rings. The predicted octanol–water partition coefficient (Wildman–Crippen LogP) is 1.29. The van der Waals surface area contributed by atoms with Crippen molar-refractivity contribution >= 4 is 17.3 Å². The summed E-state index contributed by atoms with van der Waals surface area (Å²) in [7, 11) is 0. The number of thiocarbonyl (C=S) groups is 1. The molecule has 0 aromatic heterocycles. The van der Waals surface area contributed by atoms with Crippen molar-refractivity contribution in [3.05, 3.63) is 35.4 Å². The zero-order chi connectivity index (χ0) is 14.2. The molecule has 2 N–H and O–H groups in total. The molecule has 1 aromatic carbocycles. The van der Waals surface area contributed by atoms with Crippen molar-refractivity contribution < 1.29 is 4.74 Å². The van der Waals surface area contributed by atoms with Crippen molar-refractivity contribution in [2.45, 2.75) is 13.5 Å². The molecule has 1 saturated heterocycles. The molecule has 1 heterocycles. The third kappa shape index (κ3) is 5.07. The number of hydrogen-bond donors (Lipinski definition) is 2. The van der Waals surface area contributed by atoms with E-state index in [0.717, 1.165) is 51.0 Å². The van der Waals surface area contributed by atoms with Gasteiger partial charge in [0.15, 0.2) is 5.11 Å². The maximum atomic E-state index is 5.33. The largest absolute Gasteiger partial charge is 0.379 e. The zero-order valence-corrected chi connectivity index (χ0v) is 12.8. The molecular weight excluding hydrogens is 270 g/mol. The van der Waals surface area contributed by atoms with Gasteiger partial charge in [-0.3, -0.25) is 4.90 Å². The predicted molar refractivity (Wildman–Crippen MR) is 85.9 cm³/mol. The first-order valence-electron chi connectivity index (χ1n) is 7.12. The lowest BCUT2D eigenvalue weighted by molar-refractivity contribution is 0.0389. The van der Waals surface area contributed by atoms with Gasteiger partial charge in [0, 0.05) is 32.7 Å². The number of nitrogens with one attached hydrogen (secondary N) is 2. The monoisotopic (exact) mass is 293 g/mol. The van der Waals surface area contributed by atoms with Crippen LogP contribution in [0.2, 0.25) is 0 Å². The number of nitrogens with zero attached hydrogens (tertiary/aromatic N) is 1. The lowest BCUT2D eigenvalue weighted by Crippen LogP contribution is -2.43. The third-order valence-corrected chi connectivity index (χ3v) is 3.81. The van der Waals surface area contributed by atoms with E-state index in [4.69, 9.17) is 17.0 Å². The first-order valence-corrected chi connectivity index (χ1v) is 7.53. The summed E-state index contributed by atoms with van der Waals surface area (Å²) in [6, 6.07) is 8.35. The van der Waals surface area contributed by atoms with Gasteiger partial charge in [0.25, 0.3) is 0 Å². The van der Waals surface area contributed by atoms with Gasteiger partial charge in [-0.05, 0) is 30.3 Å². The summed E-state index contributed by atoms with van der Waals surface area (Å²) in [6.07, 6.45) is 0. The Kier molecular flexibility index (Phi) is 6.24. The highest BCUT2D eigenvalue weighted by atomic mass is 32.1. The maximum absolute atomic E-state index is 5.33. The van der Waals surface area contributed by atoms with Gasteiger partial charge < -0.3 is 15.4 Å². The van der Waals surface area contributed by atoms with Gasteiger partial charge in [-0.25, -0.2) is 0 Å². The molecule has 0 aliphatic carbocycles. The molecule has 110 valence electrons. The number of aryl methyl sites for hydroxylation is 1. The zero-order valence-electron chi connectivity index (χ0n) is 12.0. The Morgan fingerprint density at radius 2 is 2.00 bits per heavy atom. The van der Waals surface area contributed by atoms with E-state index in [9.17, 15) is 0 Å². The smallest absolute Gasteiger partial charge is 0.166 e. The Bertz CT molecular complexity index is 433. The fourth-order valence-corrected chi connectivity index (χ4v) is 2.37. The van der Waals surface area contributed by atoms with Gasteiger partial charge in [0.05, 0.1) is 13.2 Å². The van der Waals surface area contributed by atoms with Crippen LogP contribution in [0.15, 0.2) is 24.3 Å². The summed E-state index contributed by atoms with van der Waals surface area (Å²) in [4.78, 5) is 2.39. The highest BCUT2D eigenvalue weighted by Crippen LogP contribution is 2.05. The minimum absolute atomic E-state index is 0.724. The molecule has 20 heavy (non-hydrogen) atoms. The number of morpholine rings is 1. The van der Waals surface area contributed by atoms with Crippen LogP contribution >= 0.6 is 12.2 Å². The first kappa shape index (κ1) is 15.2. The fourth-order valence-electron chi connectivity index (χ4n) is 2.20. The van der Waals surface area contributed by atoms with E-state index in [1.54, 1.807) is 0 Å². The molecule has 0 saturated carbocycles. The maximum Gasteiger partial charge on any atom is 0.166 e. The van der Waals surface area contributed by atoms with E-state index in [0.29, 0.717) is 0 Å². The lowest BCUT2D eigenvalue weighted by Gasteiger charge is -2.26. The molecule has 1 fully saturated rings. The summed E-state index contributed by atoms with van der Waals surface area (Å²) in [5, 5.41) is 7.24. The second-order valence-electron chi connectivity index (χ2n) is 4.99. The standard InChI is InChI=1S/C15H23N3OS/c1-13-4-2-3-5-14(13)12-17-15(20)16-6-7-18-8-10-19-11-9-18/h2-5H,6-12H2,1H3,(H2,16,17,20). The molecule has 1 aromatic rings. The van der Waals surface area contributed by atoms with Crippen LogP contribution in [0.3, 0.4) is 0 Å². The number of rotatable bonds is 5. The van der Waals surface area contributed by atoms with Gasteiger partial charge in [-0.2, -0.15) is 0 Å². The summed E-state index contributed by atoms with van der Waals surface area (Å²) in [5.41, 5.74) is 2.57. The van der Waals surface area contributed by atoms with Crippen molar-refractivity contribution in [2.24, 2.45) is 0 Å². The van der Waals surface area contributed by atoms with E-state index >= 15 is 0 Å². The number of benzene rings is 1. The molecule has 4 nitrogen and oxygen atoms in total. The van der Waals surface area contributed by atoms with Gasteiger partial charge in [0.1, 0.15) is 0 Å². The van der Waals surface area contributed by atoms with Crippen LogP contribution in [0.4, 0.5) is 0 Å². The van der Waals surface area contributed by atoms with Crippen molar-refractivity contribution in [1.82, 2.24) is 15.5 Å². The van der Waals surface area contributed by atoms with Crippen LogP contribution in [-0.4, -0.2) is 49.4 Å². The third-order valence-electron chi connectivity index (χ3n) is 3.52. The molecule has 1 aliphatic heterocycles. The summed E-state index contributed by atoms with van der Waals surface area (Å²) < 4.78 is 5.33. The van der Waals surface area contributed by atoms with Crippen molar-refractivity contribution in [3.63, 3.8) is 0 Å². The molecule has 0 amide bonds. The van der Waals surface area contributed by atoms with Gasteiger partial charge in [-0.1, -0.05) is 24.3 Å². The minimum atomic E-state index is 0.724. The molecule has 2 rings (SSSR count). The fraction of sp³-hybridized carbons (Fsp3) is 0.533. The second kappa shape index (κ2) is 8.19. The lowest BCUT2D eigenvalue weighted by atomic mass is 10.1. The normalized spacial score (nSPS) is 15.8. The van der Waals surface area contributed by atoms with E-state index in [1.807, 2.05) is 0 Å². The Morgan fingerprint density at radius 3 is 2.75 bits per heavy atom. The number of ether oxygens (including phenoxy) is 1. The van der Waals surface area contributed by atoms with Gasteiger partial charge >= 0.3 is 0 Å². The molecule has 0 radical (unpaired) electrons. The van der Waals surface area contributed by atoms with Crippen LogP contribution < -0.4 is 10.6 Å². The average molecular weight is 293 g/mol. The van der Waals surface area contributed by atoms with Crippen LogP contribution in [-0.2, 0) is 11.3 Å². The van der Waals surface area contributed by atoms with E-state index in [2.05, 4.69) is 46.7 Å². The number of hydrogen-bond acceptors (Lipinski definition) is 3. The second-order valence-corrected chi connectivity index (χ2v) is 5.40. The quantitative estimate of drug-likeness (QED) is 0.800. The highest BCUT2D eigenvalue weighted by Gasteiger charge is 2.09. The molecule has 0 unspecified atom stereocenters. The van der Waals surface area contributed by atoms with Crippen LogP contribution in [0.5, 0.6) is 0 Å². The van der Waals surface area contributed by atoms with Crippen LogP contribution in [0.25, 0.3) is 0 Å². The summed E-state index contributed by atoms with van der Waals surface area (Å²) in [5.74, 6) is 0. The molecule has 0 atom stereocenters.